The predicted octanol–water partition coefficient (Wildman–Crippen LogP) is 4.81. The molecule has 0 radical (unpaired) electrons. The van der Waals surface area contributed by atoms with Crippen LogP contribution in [0.2, 0.25) is 0 Å². The van der Waals surface area contributed by atoms with E-state index in [2.05, 4.69) is 36.4 Å². The molecule has 2 aromatic carbocycles. The summed E-state index contributed by atoms with van der Waals surface area (Å²) in [5.41, 5.74) is 2.84. The van der Waals surface area contributed by atoms with Crippen LogP contribution in [0, 0.1) is 0 Å². The topological polar surface area (TPSA) is 80.9 Å². The third-order valence-electron chi connectivity index (χ3n) is 3.87. The Kier molecular flexibility index (Phi) is 4.76. The van der Waals surface area contributed by atoms with Crippen LogP contribution in [0.1, 0.15) is 10.4 Å². The Hall–Kier alpha value is -3.32. The van der Waals surface area contributed by atoms with Crippen LogP contribution >= 0.6 is 15.9 Å². The first kappa shape index (κ1) is 17.1. The molecule has 7 heteroatoms. The number of amides is 1. The summed E-state index contributed by atoms with van der Waals surface area (Å²) in [7, 11) is 0. The van der Waals surface area contributed by atoms with Crippen LogP contribution in [0.15, 0.2) is 82.1 Å². The van der Waals surface area contributed by atoms with Crippen molar-refractivity contribution in [2.24, 2.45) is 0 Å². The van der Waals surface area contributed by atoms with Gasteiger partial charge in [0.2, 0.25) is 5.82 Å². The van der Waals surface area contributed by atoms with E-state index in [9.17, 15) is 4.79 Å². The molecule has 1 amide bonds. The fourth-order valence-electron chi connectivity index (χ4n) is 2.49. The van der Waals surface area contributed by atoms with Gasteiger partial charge in [-0.3, -0.25) is 9.78 Å². The zero-order chi connectivity index (χ0) is 18.6. The smallest absolute Gasteiger partial charge is 0.259 e. The molecule has 27 heavy (non-hydrogen) atoms. The molecular formula is C20H13BrN4O2. The molecular weight excluding hydrogens is 408 g/mol. The van der Waals surface area contributed by atoms with Crippen molar-refractivity contribution in [3.8, 4) is 22.8 Å². The van der Waals surface area contributed by atoms with Crippen molar-refractivity contribution in [1.82, 2.24) is 15.1 Å². The number of anilines is 1. The summed E-state index contributed by atoms with van der Waals surface area (Å²) < 4.78 is 6.26. The van der Waals surface area contributed by atoms with Crippen molar-refractivity contribution in [3.63, 3.8) is 0 Å². The maximum atomic E-state index is 12.2. The molecule has 1 N–H and O–H groups in total. The molecule has 2 aromatic heterocycles. The van der Waals surface area contributed by atoms with Gasteiger partial charge in [0.1, 0.15) is 0 Å². The number of rotatable bonds is 4. The van der Waals surface area contributed by atoms with Gasteiger partial charge >= 0.3 is 0 Å². The molecule has 6 nitrogen and oxygen atoms in total. The molecule has 0 aliphatic heterocycles. The summed E-state index contributed by atoms with van der Waals surface area (Å²) in [5.74, 6) is 0.723. The number of hydrogen-bond acceptors (Lipinski definition) is 5. The Labute approximate surface area is 163 Å². The van der Waals surface area contributed by atoms with Gasteiger partial charge < -0.3 is 9.84 Å². The fraction of sp³-hybridized carbons (Fsp3) is 0. The Morgan fingerprint density at radius 1 is 0.963 bits per heavy atom. The molecule has 0 bridgehead atoms. The van der Waals surface area contributed by atoms with E-state index in [0.717, 1.165) is 15.6 Å². The van der Waals surface area contributed by atoms with Gasteiger partial charge in [0.15, 0.2) is 0 Å². The number of pyridine rings is 1. The van der Waals surface area contributed by atoms with Crippen LogP contribution in [0.25, 0.3) is 22.8 Å². The largest absolute Gasteiger partial charge is 0.334 e. The van der Waals surface area contributed by atoms with E-state index in [0.29, 0.717) is 23.0 Å². The molecule has 132 valence electrons. The van der Waals surface area contributed by atoms with Crippen molar-refractivity contribution in [2.75, 3.05) is 5.32 Å². The van der Waals surface area contributed by atoms with Gasteiger partial charge in [0, 0.05) is 33.7 Å². The van der Waals surface area contributed by atoms with Gasteiger partial charge in [0.25, 0.3) is 11.8 Å². The van der Waals surface area contributed by atoms with Gasteiger partial charge in [0.05, 0.1) is 5.56 Å². The molecule has 0 fully saturated rings. The number of carbonyl (C=O) groups excluding carboxylic acids is 1. The van der Waals surface area contributed by atoms with Gasteiger partial charge in [-0.1, -0.05) is 17.3 Å². The summed E-state index contributed by atoms with van der Waals surface area (Å²) in [4.78, 5) is 20.5. The molecule has 0 saturated heterocycles. The maximum absolute atomic E-state index is 12.2. The van der Waals surface area contributed by atoms with Crippen LogP contribution in [-0.4, -0.2) is 21.0 Å². The lowest BCUT2D eigenvalue weighted by Crippen LogP contribution is -2.11. The maximum Gasteiger partial charge on any atom is 0.259 e. The summed E-state index contributed by atoms with van der Waals surface area (Å²) in [6, 6.07) is 18.2. The number of hydrogen-bond donors (Lipinski definition) is 1. The molecule has 0 atom stereocenters. The number of halogens is 1. The van der Waals surface area contributed by atoms with E-state index in [1.807, 2.05) is 36.4 Å². The predicted molar refractivity (Wildman–Crippen MR) is 105 cm³/mol. The molecule has 0 aliphatic carbocycles. The Morgan fingerprint density at radius 2 is 1.70 bits per heavy atom. The van der Waals surface area contributed by atoms with Gasteiger partial charge in [-0.2, -0.15) is 4.98 Å². The van der Waals surface area contributed by atoms with Crippen LogP contribution in [0.5, 0.6) is 0 Å². The summed E-state index contributed by atoms with van der Waals surface area (Å²) >= 11 is 3.48. The molecule has 0 aliphatic rings. The van der Waals surface area contributed by atoms with Crippen molar-refractivity contribution in [1.29, 1.82) is 0 Å². The SMILES string of the molecule is O=C(Nc1ccc(-c2noc(-c3ccccc3Br)n2)cc1)c1ccncc1. The van der Waals surface area contributed by atoms with Crippen molar-refractivity contribution >= 4 is 27.5 Å². The lowest BCUT2D eigenvalue weighted by Gasteiger charge is -2.05. The molecule has 4 aromatic rings. The van der Waals surface area contributed by atoms with Crippen LogP contribution < -0.4 is 5.32 Å². The van der Waals surface area contributed by atoms with Crippen LogP contribution in [-0.2, 0) is 0 Å². The van der Waals surface area contributed by atoms with E-state index in [4.69, 9.17) is 4.52 Å². The number of nitrogens with one attached hydrogen (secondary N) is 1. The van der Waals surface area contributed by atoms with E-state index >= 15 is 0 Å². The second-order valence-corrected chi connectivity index (χ2v) is 6.52. The summed E-state index contributed by atoms with van der Waals surface area (Å²) in [6.07, 6.45) is 3.16. The molecule has 2 heterocycles. The molecule has 0 saturated carbocycles. The van der Waals surface area contributed by atoms with Crippen LogP contribution in [0.3, 0.4) is 0 Å². The molecule has 4 rings (SSSR count). The Balaban J connectivity index is 1.51. The highest BCUT2D eigenvalue weighted by Crippen LogP contribution is 2.28. The third kappa shape index (κ3) is 3.78. The highest BCUT2D eigenvalue weighted by molar-refractivity contribution is 9.10. The lowest BCUT2D eigenvalue weighted by atomic mass is 10.2. The van der Waals surface area contributed by atoms with Gasteiger partial charge in [-0.15, -0.1) is 0 Å². The average Bonchev–Trinajstić information content (AvgIpc) is 3.19. The zero-order valence-electron chi connectivity index (χ0n) is 14.0. The second kappa shape index (κ2) is 7.51. The molecule has 0 spiro atoms. The van der Waals surface area contributed by atoms with Crippen LogP contribution in [0.4, 0.5) is 5.69 Å². The van der Waals surface area contributed by atoms with Gasteiger partial charge in [-0.05, 0) is 64.5 Å². The minimum Gasteiger partial charge on any atom is -0.334 e. The fourth-order valence-corrected chi connectivity index (χ4v) is 2.95. The van der Waals surface area contributed by atoms with E-state index < -0.39 is 0 Å². The van der Waals surface area contributed by atoms with E-state index in [1.54, 1.807) is 36.7 Å². The van der Waals surface area contributed by atoms with Crippen molar-refractivity contribution in [2.45, 2.75) is 0 Å². The third-order valence-corrected chi connectivity index (χ3v) is 4.57. The first-order valence-corrected chi connectivity index (χ1v) is 8.90. The van der Waals surface area contributed by atoms with E-state index in [-0.39, 0.29) is 5.91 Å². The average molecular weight is 421 g/mol. The normalized spacial score (nSPS) is 10.6. The first-order valence-electron chi connectivity index (χ1n) is 8.11. The Morgan fingerprint density at radius 3 is 2.44 bits per heavy atom. The van der Waals surface area contributed by atoms with Crippen molar-refractivity contribution in [3.05, 3.63) is 83.1 Å². The standard InChI is InChI=1S/C20H13BrN4O2/c21-17-4-2-1-3-16(17)20-24-18(25-27-20)13-5-7-15(8-6-13)23-19(26)14-9-11-22-12-10-14/h1-12H,(H,23,26). The second-order valence-electron chi connectivity index (χ2n) is 5.67. The van der Waals surface area contributed by atoms with E-state index in [1.165, 1.54) is 0 Å². The minimum atomic E-state index is -0.194. The molecule has 0 unspecified atom stereocenters. The quantitative estimate of drug-likeness (QED) is 0.511. The monoisotopic (exact) mass is 420 g/mol. The highest BCUT2D eigenvalue weighted by Gasteiger charge is 2.13. The van der Waals surface area contributed by atoms with Crippen molar-refractivity contribution < 1.29 is 9.32 Å². The van der Waals surface area contributed by atoms with Gasteiger partial charge in [-0.25, -0.2) is 0 Å². The number of aromatic nitrogens is 3. The number of nitrogens with zero attached hydrogens (tertiary/aromatic N) is 3. The zero-order valence-corrected chi connectivity index (χ0v) is 15.6. The summed E-state index contributed by atoms with van der Waals surface area (Å²) in [6.45, 7) is 0. The lowest BCUT2D eigenvalue weighted by molar-refractivity contribution is 0.102. The minimum absolute atomic E-state index is 0.194. The number of benzene rings is 2. The highest BCUT2D eigenvalue weighted by atomic mass is 79.9. The summed E-state index contributed by atoms with van der Waals surface area (Å²) in [5, 5.41) is 6.88. The number of carbonyl (C=O) groups is 1. The Bertz CT molecular complexity index is 1080. The first-order chi connectivity index (χ1) is 13.2.